The smallest absolute Gasteiger partial charge is 0.130 e. The predicted molar refractivity (Wildman–Crippen MR) is 116 cm³/mol. The van der Waals surface area contributed by atoms with E-state index in [2.05, 4.69) is 17.2 Å². The molecule has 148 valence electrons. The van der Waals surface area contributed by atoms with Crippen molar-refractivity contribution in [1.29, 1.82) is 0 Å². The highest BCUT2D eigenvalue weighted by Gasteiger charge is 2.24. The Balaban J connectivity index is 1.75. The average molecular weight is 417 g/mol. The first-order valence-corrected chi connectivity index (χ1v) is 10.9. The lowest BCUT2D eigenvalue weighted by Crippen LogP contribution is -2.34. The number of nitrogens with one attached hydrogen (secondary N) is 1. The standard InChI is InChI=1S/C22H25ClN2O2S/c1-13-9-14(23)10-19(21(13)27-16-5-3-15(24-2)4-6-16)18-7-8-25-20-11-17(12-26)28-22(18)20/h7-11,15-16,24,26H,3-6,12H2,1-2H3/t15-,16-. The molecule has 0 spiro atoms. The third-order valence-corrected chi connectivity index (χ3v) is 6.88. The highest BCUT2D eigenvalue weighted by molar-refractivity contribution is 7.19. The molecule has 0 aliphatic heterocycles. The minimum absolute atomic E-state index is 0.0209. The number of hydrogen-bond donors (Lipinski definition) is 2. The minimum Gasteiger partial charge on any atom is -0.490 e. The summed E-state index contributed by atoms with van der Waals surface area (Å²) >= 11 is 7.99. The van der Waals surface area contributed by atoms with E-state index in [1.807, 2.05) is 37.5 Å². The number of fused-ring (bicyclic) bond motifs is 1. The highest BCUT2D eigenvalue weighted by atomic mass is 35.5. The summed E-state index contributed by atoms with van der Waals surface area (Å²) in [5.74, 6) is 0.906. The van der Waals surface area contributed by atoms with E-state index >= 15 is 0 Å². The minimum atomic E-state index is 0.0209. The molecule has 2 N–H and O–H groups in total. The van der Waals surface area contributed by atoms with E-state index in [4.69, 9.17) is 16.3 Å². The number of benzene rings is 1. The van der Waals surface area contributed by atoms with Crippen LogP contribution in [0.2, 0.25) is 5.02 Å². The molecule has 2 heterocycles. The number of hydrogen-bond acceptors (Lipinski definition) is 5. The van der Waals surface area contributed by atoms with E-state index in [-0.39, 0.29) is 12.7 Å². The number of nitrogens with zero attached hydrogens (tertiary/aromatic N) is 1. The molecule has 1 aromatic carbocycles. The first-order valence-electron chi connectivity index (χ1n) is 9.71. The zero-order valence-electron chi connectivity index (χ0n) is 16.2. The molecule has 0 radical (unpaired) electrons. The lowest BCUT2D eigenvalue weighted by atomic mass is 9.93. The third kappa shape index (κ3) is 3.90. The SMILES string of the molecule is CN[C@H]1CC[C@H](Oc2c(C)cc(Cl)cc2-c2ccnc3cc(CO)sc23)CC1. The number of ether oxygens (including phenoxy) is 1. The summed E-state index contributed by atoms with van der Waals surface area (Å²) in [6.07, 6.45) is 6.39. The topological polar surface area (TPSA) is 54.4 Å². The van der Waals surface area contributed by atoms with E-state index in [9.17, 15) is 5.11 Å². The first-order chi connectivity index (χ1) is 13.6. The Hall–Kier alpha value is -1.66. The van der Waals surface area contributed by atoms with Crippen molar-refractivity contribution in [3.8, 4) is 16.9 Å². The molecule has 1 saturated carbocycles. The highest BCUT2D eigenvalue weighted by Crippen LogP contribution is 2.42. The van der Waals surface area contributed by atoms with Crippen molar-refractivity contribution in [2.75, 3.05) is 7.05 Å². The summed E-state index contributed by atoms with van der Waals surface area (Å²) in [5.41, 5.74) is 3.99. The second kappa shape index (κ2) is 8.37. The molecule has 0 amide bonds. The van der Waals surface area contributed by atoms with E-state index < -0.39 is 0 Å². The molecular weight excluding hydrogens is 392 g/mol. The molecule has 0 unspecified atom stereocenters. The zero-order chi connectivity index (χ0) is 19.7. The van der Waals surface area contributed by atoms with Crippen LogP contribution in [-0.4, -0.2) is 29.3 Å². The maximum atomic E-state index is 9.53. The lowest BCUT2D eigenvalue weighted by molar-refractivity contribution is 0.141. The van der Waals surface area contributed by atoms with Crippen molar-refractivity contribution in [3.63, 3.8) is 0 Å². The molecule has 4 nitrogen and oxygen atoms in total. The molecule has 4 rings (SSSR count). The number of pyridine rings is 1. The Kier molecular flexibility index (Phi) is 5.88. The van der Waals surface area contributed by atoms with Gasteiger partial charge < -0.3 is 15.2 Å². The van der Waals surface area contributed by atoms with E-state index in [1.54, 1.807) is 11.3 Å². The number of thiophene rings is 1. The van der Waals surface area contributed by atoms with Gasteiger partial charge in [-0.1, -0.05) is 11.6 Å². The van der Waals surface area contributed by atoms with Gasteiger partial charge in [-0.25, -0.2) is 0 Å². The van der Waals surface area contributed by atoms with Crippen molar-refractivity contribution >= 4 is 33.2 Å². The summed E-state index contributed by atoms with van der Waals surface area (Å²) in [5, 5.41) is 13.6. The van der Waals surface area contributed by atoms with Crippen molar-refractivity contribution in [1.82, 2.24) is 10.3 Å². The normalized spacial score (nSPS) is 19.9. The molecule has 6 heteroatoms. The maximum absolute atomic E-state index is 9.53. The molecule has 0 bridgehead atoms. The number of halogens is 1. The van der Waals surface area contributed by atoms with E-state index in [0.717, 1.165) is 63.2 Å². The fourth-order valence-electron chi connectivity index (χ4n) is 4.00. The fourth-order valence-corrected chi connectivity index (χ4v) is 5.27. The van der Waals surface area contributed by atoms with Gasteiger partial charge in [0.15, 0.2) is 0 Å². The molecule has 0 saturated heterocycles. The first kappa shape index (κ1) is 19.6. The summed E-state index contributed by atoms with van der Waals surface area (Å²) in [6.45, 7) is 2.07. The molecule has 1 aliphatic carbocycles. The molecule has 2 aromatic heterocycles. The fraction of sp³-hybridized carbons (Fsp3) is 0.409. The van der Waals surface area contributed by atoms with Crippen LogP contribution in [-0.2, 0) is 6.61 Å². The van der Waals surface area contributed by atoms with Crippen LogP contribution >= 0.6 is 22.9 Å². The maximum Gasteiger partial charge on any atom is 0.130 e. The number of aliphatic hydroxyl groups excluding tert-OH is 1. The van der Waals surface area contributed by atoms with Gasteiger partial charge >= 0.3 is 0 Å². The van der Waals surface area contributed by atoms with Crippen molar-refractivity contribution in [2.45, 2.75) is 51.4 Å². The Bertz CT molecular complexity index is 980. The van der Waals surface area contributed by atoms with Crippen LogP contribution < -0.4 is 10.1 Å². The van der Waals surface area contributed by atoms with Crippen LogP contribution in [0.3, 0.4) is 0 Å². The van der Waals surface area contributed by atoms with Gasteiger partial charge in [0.2, 0.25) is 0 Å². The van der Waals surface area contributed by atoms with Crippen molar-refractivity contribution in [2.24, 2.45) is 0 Å². The summed E-state index contributed by atoms with van der Waals surface area (Å²) < 4.78 is 7.60. The lowest BCUT2D eigenvalue weighted by Gasteiger charge is -2.30. The van der Waals surface area contributed by atoms with E-state index in [1.165, 1.54) is 0 Å². The van der Waals surface area contributed by atoms with Gasteiger partial charge in [-0.05, 0) is 69.5 Å². The van der Waals surface area contributed by atoms with Gasteiger partial charge in [0, 0.05) is 33.3 Å². The summed E-state index contributed by atoms with van der Waals surface area (Å²) in [6, 6.07) is 8.49. The second-order valence-electron chi connectivity index (χ2n) is 7.42. The molecule has 3 aromatic rings. The van der Waals surface area contributed by atoms with Crippen LogP contribution in [0.1, 0.15) is 36.1 Å². The average Bonchev–Trinajstić information content (AvgIpc) is 3.14. The Morgan fingerprint density at radius 1 is 1.21 bits per heavy atom. The molecule has 28 heavy (non-hydrogen) atoms. The van der Waals surface area contributed by atoms with Crippen LogP contribution in [0.4, 0.5) is 0 Å². The van der Waals surface area contributed by atoms with Gasteiger partial charge in [0.1, 0.15) is 5.75 Å². The number of rotatable bonds is 5. The quantitative estimate of drug-likeness (QED) is 0.590. The summed E-state index contributed by atoms with van der Waals surface area (Å²) in [7, 11) is 2.03. The van der Waals surface area contributed by atoms with Crippen molar-refractivity contribution in [3.05, 3.63) is 45.9 Å². The van der Waals surface area contributed by atoms with Gasteiger partial charge in [-0.3, -0.25) is 4.98 Å². The second-order valence-corrected chi connectivity index (χ2v) is 9.00. The van der Waals surface area contributed by atoms with Gasteiger partial charge in [-0.2, -0.15) is 0 Å². The predicted octanol–water partition coefficient (Wildman–Crippen LogP) is 5.33. The monoisotopic (exact) mass is 416 g/mol. The van der Waals surface area contributed by atoms with Crippen LogP contribution in [0.15, 0.2) is 30.5 Å². The van der Waals surface area contributed by atoms with Crippen molar-refractivity contribution < 1.29 is 9.84 Å². The van der Waals surface area contributed by atoms with Crippen LogP contribution in [0.5, 0.6) is 5.75 Å². The van der Waals surface area contributed by atoms with E-state index in [0.29, 0.717) is 11.1 Å². The van der Waals surface area contributed by atoms with Gasteiger partial charge in [0.05, 0.1) is 22.9 Å². The Morgan fingerprint density at radius 2 is 2.00 bits per heavy atom. The zero-order valence-corrected chi connectivity index (χ0v) is 17.7. The van der Waals surface area contributed by atoms with Crippen LogP contribution in [0, 0.1) is 6.92 Å². The summed E-state index contributed by atoms with van der Waals surface area (Å²) in [4.78, 5) is 5.37. The molecule has 0 atom stereocenters. The molecular formula is C22H25ClN2O2S. The third-order valence-electron chi connectivity index (χ3n) is 5.52. The molecule has 1 fully saturated rings. The Labute approximate surface area is 174 Å². The van der Waals surface area contributed by atoms with Crippen LogP contribution in [0.25, 0.3) is 21.3 Å². The Morgan fingerprint density at radius 3 is 2.71 bits per heavy atom. The largest absolute Gasteiger partial charge is 0.490 e. The van der Waals surface area contributed by atoms with Gasteiger partial charge in [-0.15, -0.1) is 11.3 Å². The molecule has 1 aliphatic rings. The number of aliphatic hydroxyl groups is 1. The van der Waals surface area contributed by atoms with Gasteiger partial charge in [0.25, 0.3) is 0 Å². The number of aryl methyl sites for hydroxylation is 1. The number of aromatic nitrogens is 1.